The SMILES string of the molecule is CC/C=C/C=C/C=C/C=C/C=C/C=C/C=C/CCCCCC(=O)OCC(COC(=O)CCCCC/C=C/C=C/C=C/C=C/CC)OC(=O)CCCCC/C=C/C=C/C=C/C=C/C=C/C=C/C=C/CC. The summed E-state index contributed by atoms with van der Waals surface area (Å²) in [6, 6.07) is 0. The zero-order valence-electron chi connectivity index (χ0n) is 42.5. The van der Waals surface area contributed by atoms with Crippen molar-refractivity contribution in [3.05, 3.63) is 219 Å². The smallest absolute Gasteiger partial charge is 0.306 e. The third kappa shape index (κ3) is 52.6. The molecule has 0 N–H and O–H groups in total. The molecular formula is C63H86O6. The second kappa shape index (κ2) is 54.3. The summed E-state index contributed by atoms with van der Waals surface area (Å²) in [5, 5.41) is 0. The molecule has 0 aliphatic carbocycles. The average molecular weight is 939 g/mol. The maximum absolute atomic E-state index is 12.8. The van der Waals surface area contributed by atoms with E-state index in [0.29, 0.717) is 19.3 Å². The van der Waals surface area contributed by atoms with Crippen LogP contribution in [0.25, 0.3) is 0 Å². The highest BCUT2D eigenvalue weighted by Gasteiger charge is 2.19. The number of rotatable bonds is 41. The maximum Gasteiger partial charge on any atom is 0.306 e. The third-order valence-corrected chi connectivity index (χ3v) is 9.44. The first-order valence-corrected chi connectivity index (χ1v) is 25.5. The van der Waals surface area contributed by atoms with E-state index in [1.54, 1.807) is 0 Å². The molecule has 0 rings (SSSR count). The fourth-order valence-corrected chi connectivity index (χ4v) is 5.71. The minimum absolute atomic E-state index is 0.148. The molecule has 374 valence electrons. The van der Waals surface area contributed by atoms with E-state index in [9.17, 15) is 14.4 Å². The van der Waals surface area contributed by atoms with Crippen LogP contribution >= 0.6 is 0 Å². The quantitative estimate of drug-likeness (QED) is 0.0263. The van der Waals surface area contributed by atoms with Gasteiger partial charge in [0.1, 0.15) is 13.2 Å². The minimum atomic E-state index is -0.853. The van der Waals surface area contributed by atoms with Crippen molar-refractivity contribution in [2.75, 3.05) is 13.2 Å². The lowest BCUT2D eigenvalue weighted by molar-refractivity contribution is -0.167. The summed E-state index contributed by atoms with van der Waals surface area (Å²) < 4.78 is 16.7. The van der Waals surface area contributed by atoms with Crippen LogP contribution in [0.5, 0.6) is 0 Å². The molecule has 0 heterocycles. The Bertz CT molecular complexity index is 1840. The van der Waals surface area contributed by atoms with Gasteiger partial charge in [-0.2, -0.15) is 0 Å². The molecule has 0 aromatic heterocycles. The van der Waals surface area contributed by atoms with Gasteiger partial charge in [0.15, 0.2) is 6.10 Å². The lowest BCUT2D eigenvalue weighted by atomic mass is 10.1. The first-order chi connectivity index (χ1) is 34.0. The highest BCUT2D eigenvalue weighted by molar-refractivity contribution is 5.71. The van der Waals surface area contributed by atoms with E-state index in [2.05, 4.69) is 57.2 Å². The van der Waals surface area contributed by atoms with Gasteiger partial charge in [0, 0.05) is 19.3 Å². The van der Waals surface area contributed by atoms with Gasteiger partial charge in [0.05, 0.1) is 0 Å². The zero-order valence-corrected chi connectivity index (χ0v) is 42.5. The van der Waals surface area contributed by atoms with Crippen molar-refractivity contribution in [3.63, 3.8) is 0 Å². The Hall–Kier alpha value is -6.27. The van der Waals surface area contributed by atoms with Crippen LogP contribution in [0, 0.1) is 0 Å². The van der Waals surface area contributed by atoms with Crippen LogP contribution in [-0.2, 0) is 28.6 Å². The van der Waals surface area contributed by atoms with E-state index < -0.39 is 12.1 Å². The number of ether oxygens (including phenoxy) is 3. The number of unbranched alkanes of at least 4 members (excludes halogenated alkanes) is 9. The van der Waals surface area contributed by atoms with Gasteiger partial charge in [0.2, 0.25) is 0 Å². The molecule has 0 aliphatic rings. The van der Waals surface area contributed by atoms with Gasteiger partial charge in [-0.1, -0.05) is 259 Å². The number of hydrogen-bond donors (Lipinski definition) is 0. The van der Waals surface area contributed by atoms with E-state index in [1.807, 2.05) is 182 Å². The lowest BCUT2D eigenvalue weighted by Crippen LogP contribution is -2.30. The van der Waals surface area contributed by atoms with Crippen LogP contribution in [0.1, 0.15) is 136 Å². The van der Waals surface area contributed by atoms with E-state index in [4.69, 9.17) is 14.2 Å². The second-order valence-electron chi connectivity index (χ2n) is 15.7. The van der Waals surface area contributed by atoms with Crippen LogP contribution in [0.4, 0.5) is 0 Å². The summed E-state index contributed by atoms with van der Waals surface area (Å²) in [5.74, 6) is -1.10. The van der Waals surface area contributed by atoms with E-state index in [0.717, 1.165) is 77.0 Å². The number of carbonyl (C=O) groups excluding carboxylic acids is 3. The Morgan fingerprint density at radius 3 is 0.783 bits per heavy atom. The standard InChI is InChI=1S/C63H86O6/c1-4-7-10-13-16-19-22-25-27-29-31-33-35-38-41-44-47-50-53-56-62(65)68-59-60(58-67-61(64)55-52-49-46-43-40-37-24-21-18-15-12-9-6-3)69-63(66)57-54-51-48-45-42-39-36-34-32-30-28-26-23-20-17-14-11-8-5-2/h7-42,60H,4-6,43-59H2,1-3H3/b10-7+,11-8+,12-9+,16-13+,17-14+,18-15+,22-19+,23-20+,24-21+,27-25+,28-26+,31-29+,32-30+,35-33+,36-34+,40-37+,41-38+,42-39+. The fourth-order valence-electron chi connectivity index (χ4n) is 5.71. The van der Waals surface area contributed by atoms with Crippen molar-refractivity contribution >= 4 is 17.9 Å². The Kier molecular flexibility index (Phi) is 49.4. The molecule has 0 saturated carbocycles. The van der Waals surface area contributed by atoms with Crippen molar-refractivity contribution in [1.29, 1.82) is 0 Å². The summed E-state index contributed by atoms with van der Waals surface area (Å²) in [6.45, 7) is 6.04. The Morgan fingerprint density at radius 2 is 0.522 bits per heavy atom. The average Bonchev–Trinajstić information content (AvgIpc) is 3.35. The minimum Gasteiger partial charge on any atom is -0.462 e. The summed E-state index contributed by atoms with van der Waals surface area (Å²) >= 11 is 0. The van der Waals surface area contributed by atoms with E-state index >= 15 is 0 Å². The number of allylic oxidation sites excluding steroid dienone is 36. The predicted molar refractivity (Wildman–Crippen MR) is 296 cm³/mol. The highest BCUT2D eigenvalue weighted by atomic mass is 16.6. The first-order valence-electron chi connectivity index (χ1n) is 25.5. The van der Waals surface area contributed by atoms with Gasteiger partial charge >= 0.3 is 17.9 Å². The molecule has 0 amide bonds. The van der Waals surface area contributed by atoms with Gasteiger partial charge < -0.3 is 14.2 Å². The van der Waals surface area contributed by atoms with Crippen molar-refractivity contribution < 1.29 is 28.6 Å². The van der Waals surface area contributed by atoms with Crippen molar-refractivity contribution in [2.24, 2.45) is 0 Å². The van der Waals surface area contributed by atoms with Gasteiger partial charge in [0.25, 0.3) is 0 Å². The van der Waals surface area contributed by atoms with Gasteiger partial charge in [-0.3, -0.25) is 14.4 Å². The van der Waals surface area contributed by atoms with Gasteiger partial charge in [-0.05, 0) is 77.0 Å². The van der Waals surface area contributed by atoms with Crippen LogP contribution < -0.4 is 0 Å². The molecule has 1 atom stereocenters. The zero-order chi connectivity index (χ0) is 50.0. The molecular weight excluding hydrogens is 853 g/mol. The molecule has 6 heteroatoms. The Balaban J connectivity index is 4.72. The normalized spacial score (nSPS) is 14.0. The molecule has 0 fully saturated rings. The Morgan fingerprint density at radius 1 is 0.290 bits per heavy atom. The number of hydrogen-bond acceptors (Lipinski definition) is 6. The predicted octanol–water partition coefficient (Wildman–Crippen LogP) is 17.1. The largest absolute Gasteiger partial charge is 0.462 e. The van der Waals surface area contributed by atoms with Crippen LogP contribution in [0.3, 0.4) is 0 Å². The molecule has 1 unspecified atom stereocenters. The van der Waals surface area contributed by atoms with Crippen molar-refractivity contribution in [2.45, 2.75) is 142 Å². The number of carbonyl (C=O) groups is 3. The molecule has 6 nitrogen and oxygen atoms in total. The lowest BCUT2D eigenvalue weighted by Gasteiger charge is -2.18. The van der Waals surface area contributed by atoms with Crippen LogP contribution in [-0.4, -0.2) is 37.2 Å². The Labute approximate surface area is 419 Å². The summed E-state index contributed by atoms with van der Waals surface area (Å²) in [6.07, 6.45) is 86.2. The molecule has 0 radical (unpaired) electrons. The van der Waals surface area contributed by atoms with Crippen molar-refractivity contribution in [3.8, 4) is 0 Å². The fraction of sp³-hybridized carbons (Fsp3) is 0.381. The molecule has 0 spiro atoms. The first kappa shape index (κ1) is 62.7. The van der Waals surface area contributed by atoms with Crippen LogP contribution in [0.2, 0.25) is 0 Å². The van der Waals surface area contributed by atoms with Gasteiger partial charge in [-0.15, -0.1) is 0 Å². The van der Waals surface area contributed by atoms with E-state index in [1.165, 1.54) is 0 Å². The van der Waals surface area contributed by atoms with Crippen LogP contribution in [0.15, 0.2) is 219 Å². The monoisotopic (exact) mass is 939 g/mol. The summed E-state index contributed by atoms with van der Waals surface area (Å²) in [5.41, 5.74) is 0. The molecule has 0 aromatic rings. The molecule has 0 aliphatic heterocycles. The second-order valence-corrected chi connectivity index (χ2v) is 15.7. The molecule has 0 saturated heterocycles. The molecule has 0 aromatic carbocycles. The summed E-state index contributed by atoms with van der Waals surface area (Å²) in [4.78, 5) is 38.0. The molecule has 69 heavy (non-hydrogen) atoms. The van der Waals surface area contributed by atoms with E-state index in [-0.39, 0.29) is 44.4 Å². The van der Waals surface area contributed by atoms with Gasteiger partial charge in [-0.25, -0.2) is 0 Å². The number of esters is 3. The summed E-state index contributed by atoms with van der Waals surface area (Å²) in [7, 11) is 0. The topological polar surface area (TPSA) is 78.9 Å². The van der Waals surface area contributed by atoms with Crippen molar-refractivity contribution in [1.82, 2.24) is 0 Å². The maximum atomic E-state index is 12.8. The molecule has 0 bridgehead atoms. The third-order valence-electron chi connectivity index (χ3n) is 9.44. The highest BCUT2D eigenvalue weighted by Crippen LogP contribution is 2.10.